The van der Waals surface area contributed by atoms with Crippen LogP contribution in [0.2, 0.25) is 0 Å². The highest BCUT2D eigenvalue weighted by Crippen LogP contribution is 2.14. The first-order valence-electron chi connectivity index (χ1n) is 15.7. The summed E-state index contributed by atoms with van der Waals surface area (Å²) in [6.45, 7) is 3.92. The number of carbonyl (C=O) groups excluding carboxylic acids is 1. The van der Waals surface area contributed by atoms with Crippen LogP contribution < -0.4 is 0 Å². The second-order valence-electron chi connectivity index (χ2n) is 10.8. The average Bonchev–Trinajstić information content (AvgIpc) is 2.96. The molecule has 39 heavy (non-hydrogen) atoms. The molecule has 0 radical (unpaired) electrons. The maximum atomic E-state index is 12.5. The van der Waals surface area contributed by atoms with Gasteiger partial charge in [-0.15, -0.1) is 0 Å². The predicted octanol–water partition coefficient (Wildman–Crippen LogP) is 9.59. The standard InChI is InChI=1S/C35H54O4/c1-2-3-4-5-6-7-8-9-10-11-12-13-14-15-22-27-35(36)39-34(30-37-28-32-23-18-16-19-24-32)31-38-29-33-25-20-17-21-26-33/h16-21,23-26,34H,2-15,22,27-31H2,1H3. The van der Waals surface area contributed by atoms with Gasteiger partial charge in [-0.1, -0.05) is 157 Å². The normalized spacial score (nSPS) is 11.2. The van der Waals surface area contributed by atoms with Gasteiger partial charge in [0.1, 0.15) is 6.10 Å². The zero-order chi connectivity index (χ0) is 27.6. The Kier molecular flexibility index (Phi) is 20.1. The number of ether oxygens (including phenoxy) is 3. The van der Waals surface area contributed by atoms with Crippen LogP contribution in [-0.4, -0.2) is 25.3 Å². The van der Waals surface area contributed by atoms with E-state index in [-0.39, 0.29) is 5.97 Å². The van der Waals surface area contributed by atoms with Gasteiger partial charge in [0.25, 0.3) is 0 Å². The lowest BCUT2D eigenvalue weighted by molar-refractivity contribution is -0.157. The molecule has 0 spiro atoms. The Bertz CT molecular complexity index is 762. The molecule has 0 aliphatic rings. The number of esters is 1. The third kappa shape index (κ3) is 18.7. The van der Waals surface area contributed by atoms with Crippen molar-refractivity contribution in [1.82, 2.24) is 0 Å². The molecule has 0 aliphatic carbocycles. The number of benzene rings is 2. The van der Waals surface area contributed by atoms with Gasteiger partial charge in [-0.2, -0.15) is 0 Å². The van der Waals surface area contributed by atoms with Crippen LogP contribution in [0.5, 0.6) is 0 Å². The minimum absolute atomic E-state index is 0.152. The van der Waals surface area contributed by atoms with Gasteiger partial charge in [0, 0.05) is 6.42 Å². The first-order valence-corrected chi connectivity index (χ1v) is 15.7. The van der Waals surface area contributed by atoms with Crippen molar-refractivity contribution in [3.05, 3.63) is 71.8 Å². The summed E-state index contributed by atoms with van der Waals surface area (Å²) < 4.78 is 17.5. The highest BCUT2D eigenvalue weighted by molar-refractivity contribution is 5.69. The highest BCUT2D eigenvalue weighted by Gasteiger charge is 2.15. The van der Waals surface area contributed by atoms with E-state index in [0.29, 0.717) is 32.8 Å². The van der Waals surface area contributed by atoms with E-state index in [9.17, 15) is 4.79 Å². The quantitative estimate of drug-likeness (QED) is 0.0932. The Balaban J connectivity index is 1.52. The fraction of sp³-hybridized carbons (Fsp3) is 0.629. The van der Waals surface area contributed by atoms with E-state index in [1.807, 2.05) is 60.7 Å². The molecule has 0 amide bonds. The zero-order valence-electron chi connectivity index (χ0n) is 24.6. The second-order valence-corrected chi connectivity index (χ2v) is 10.8. The van der Waals surface area contributed by atoms with Gasteiger partial charge in [-0.3, -0.25) is 4.79 Å². The van der Waals surface area contributed by atoms with Gasteiger partial charge >= 0.3 is 5.97 Å². The number of carbonyl (C=O) groups is 1. The van der Waals surface area contributed by atoms with Crippen molar-refractivity contribution < 1.29 is 19.0 Å². The van der Waals surface area contributed by atoms with Crippen LogP contribution in [-0.2, 0) is 32.2 Å². The second kappa shape index (κ2) is 23.7. The van der Waals surface area contributed by atoms with E-state index < -0.39 is 6.10 Å². The molecule has 2 aromatic carbocycles. The first kappa shape index (κ1) is 33.0. The minimum Gasteiger partial charge on any atom is -0.457 e. The molecule has 2 aromatic rings. The molecule has 0 N–H and O–H groups in total. The number of unbranched alkanes of at least 4 members (excludes halogenated alkanes) is 14. The third-order valence-electron chi connectivity index (χ3n) is 7.11. The van der Waals surface area contributed by atoms with Crippen LogP contribution in [0.4, 0.5) is 0 Å². The van der Waals surface area contributed by atoms with Crippen molar-refractivity contribution in [3.8, 4) is 0 Å². The summed E-state index contributed by atoms with van der Waals surface area (Å²) >= 11 is 0. The molecule has 0 unspecified atom stereocenters. The van der Waals surface area contributed by atoms with E-state index in [0.717, 1.165) is 24.0 Å². The van der Waals surface area contributed by atoms with Crippen LogP contribution in [0.1, 0.15) is 121 Å². The van der Waals surface area contributed by atoms with Crippen LogP contribution in [0.15, 0.2) is 60.7 Å². The number of rotatable bonds is 25. The Morgan fingerprint density at radius 3 is 1.36 bits per heavy atom. The molecule has 0 heterocycles. The summed E-state index contributed by atoms with van der Waals surface area (Å²) in [5.74, 6) is -0.152. The summed E-state index contributed by atoms with van der Waals surface area (Å²) in [5, 5.41) is 0. The van der Waals surface area contributed by atoms with E-state index in [4.69, 9.17) is 14.2 Å². The fourth-order valence-corrected chi connectivity index (χ4v) is 4.77. The number of hydrogen-bond donors (Lipinski definition) is 0. The topological polar surface area (TPSA) is 44.8 Å². The number of hydrogen-bond acceptors (Lipinski definition) is 4. The lowest BCUT2D eigenvalue weighted by Gasteiger charge is -2.18. The van der Waals surface area contributed by atoms with Crippen LogP contribution in [0, 0.1) is 0 Å². The zero-order valence-corrected chi connectivity index (χ0v) is 24.6. The summed E-state index contributed by atoms with van der Waals surface area (Å²) in [6, 6.07) is 20.1. The van der Waals surface area contributed by atoms with Crippen LogP contribution >= 0.6 is 0 Å². The smallest absolute Gasteiger partial charge is 0.306 e. The molecule has 218 valence electrons. The fourth-order valence-electron chi connectivity index (χ4n) is 4.77. The Hall–Kier alpha value is -2.17. The first-order chi connectivity index (χ1) is 19.3. The Morgan fingerprint density at radius 2 is 0.949 bits per heavy atom. The molecule has 0 bridgehead atoms. The summed E-state index contributed by atoms with van der Waals surface area (Å²) in [4.78, 5) is 12.5. The molecular formula is C35H54O4. The van der Waals surface area contributed by atoms with Gasteiger partial charge in [0.05, 0.1) is 26.4 Å². The van der Waals surface area contributed by atoms with Crippen molar-refractivity contribution in [3.63, 3.8) is 0 Å². The predicted molar refractivity (Wildman–Crippen MR) is 162 cm³/mol. The lowest BCUT2D eigenvalue weighted by atomic mass is 10.0. The molecule has 4 nitrogen and oxygen atoms in total. The van der Waals surface area contributed by atoms with E-state index in [1.54, 1.807) is 0 Å². The van der Waals surface area contributed by atoms with E-state index in [2.05, 4.69) is 6.92 Å². The van der Waals surface area contributed by atoms with Crippen molar-refractivity contribution in [1.29, 1.82) is 0 Å². The molecule has 0 aromatic heterocycles. The minimum atomic E-state index is -0.402. The van der Waals surface area contributed by atoms with Gasteiger partial charge in [0.15, 0.2) is 0 Å². The maximum absolute atomic E-state index is 12.5. The summed E-state index contributed by atoms with van der Waals surface area (Å²) in [7, 11) is 0. The molecule has 0 aliphatic heterocycles. The molecule has 2 rings (SSSR count). The van der Waals surface area contributed by atoms with E-state index in [1.165, 1.54) is 83.5 Å². The largest absolute Gasteiger partial charge is 0.457 e. The summed E-state index contributed by atoms with van der Waals surface area (Å²) in [6.07, 6.45) is 19.8. The highest BCUT2D eigenvalue weighted by atomic mass is 16.6. The third-order valence-corrected chi connectivity index (χ3v) is 7.11. The van der Waals surface area contributed by atoms with Crippen molar-refractivity contribution >= 4 is 5.97 Å². The van der Waals surface area contributed by atoms with Crippen molar-refractivity contribution in [2.45, 2.75) is 129 Å². The molecule has 4 heteroatoms. The van der Waals surface area contributed by atoms with Crippen LogP contribution in [0.3, 0.4) is 0 Å². The monoisotopic (exact) mass is 538 g/mol. The van der Waals surface area contributed by atoms with Gasteiger partial charge < -0.3 is 14.2 Å². The molecule has 0 fully saturated rings. The van der Waals surface area contributed by atoms with Gasteiger partial charge in [-0.25, -0.2) is 0 Å². The SMILES string of the molecule is CCCCCCCCCCCCCCCCCC(=O)OC(COCc1ccccc1)COCc1ccccc1. The lowest BCUT2D eigenvalue weighted by Crippen LogP contribution is -2.28. The van der Waals surface area contributed by atoms with E-state index >= 15 is 0 Å². The molecule has 0 atom stereocenters. The van der Waals surface area contributed by atoms with Gasteiger partial charge in [0.2, 0.25) is 0 Å². The van der Waals surface area contributed by atoms with Gasteiger partial charge in [-0.05, 0) is 17.5 Å². The molecule has 0 saturated carbocycles. The van der Waals surface area contributed by atoms with Crippen LogP contribution in [0.25, 0.3) is 0 Å². The van der Waals surface area contributed by atoms with Crippen molar-refractivity contribution in [2.24, 2.45) is 0 Å². The molecule has 0 saturated heterocycles. The van der Waals surface area contributed by atoms with Crippen molar-refractivity contribution in [2.75, 3.05) is 13.2 Å². The maximum Gasteiger partial charge on any atom is 0.306 e. The average molecular weight is 539 g/mol. The Labute approximate surface area is 238 Å². The summed E-state index contributed by atoms with van der Waals surface area (Å²) in [5.41, 5.74) is 2.20. The molecular weight excluding hydrogens is 484 g/mol. The Morgan fingerprint density at radius 1 is 0.564 bits per heavy atom.